The zero-order chi connectivity index (χ0) is 9.99. The Morgan fingerprint density at radius 1 is 1.33 bits per heavy atom. The Balaban J connectivity index is 4.83. The lowest BCUT2D eigenvalue weighted by Crippen LogP contribution is -2.13. The molecule has 0 fully saturated rings. The molecule has 0 unspecified atom stereocenters. The Morgan fingerprint density at radius 3 is 2.00 bits per heavy atom. The largest absolute Gasteiger partial charge is 0.836 e. The minimum atomic E-state index is -5.70. The van der Waals surface area contributed by atoms with Crippen LogP contribution in [-0.4, -0.2) is 23.0 Å². The summed E-state index contributed by atoms with van der Waals surface area (Å²) in [6, 6.07) is 0. The van der Waals surface area contributed by atoms with Crippen molar-refractivity contribution in [1.29, 1.82) is 0 Å². The van der Waals surface area contributed by atoms with Crippen molar-refractivity contribution in [1.82, 2.24) is 0 Å². The quantitative estimate of drug-likeness (QED) is 0.327. The summed E-state index contributed by atoms with van der Waals surface area (Å²) in [6.07, 6.45) is -2.69. The molecule has 0 aromatic heterocycles. The first-order chi connectivity index (χ1) is 5.12. The summed E-state index contributed by atoms with van der Waals surface area (Å²) in [5.74, 6) is 0. The molecule has 0 rings (SSSR count). The van der Waals surface area contributed by atoms with E-state index in [4.69, 9.17) is 0 Å². The fourth-order valence-corrected chi connectivity index (χ4v) is 1.43. The van der Waals surface area contributed by atoms with Crippen LogP contribution in [0.1, 0.15) is 0 Å². The lowest BCUT2D eigenvalue weighted by atomic mass is 11.5. The normalized spacial score (nSPS) is 14.7. The predicted molar refractivity (Wildman–Crippen MR) is 30.8 cm³/mol. The molecule has 0 aliphatic heterocycles. The number of nitrogens with zero attached hydrogens (tertiary/aromatic N) is 2. The standard InChI is InChI=1S/CHF2N2O5S2/c2-1(6)4-12(9,10)5-11(3,7)8/h(H,4,6)/q-1/p-1. The molecule has 0 amide bonds. The molecule has 11 heteroatoms. The summed E-state index contributed by atoms with van der Waals surface area (Å²) in [4.78, 5) is 0. The van der Waals surface area contributed by atoms with Gasteiger partial charge in [0.1, 0.15) is 0 Å². The topological polar surface area (TPSA) is 118 Å². The van der Waals surface area contributed by atoms with Gasteiger partial charge in [0.25, 0.3) is 0 Å². The summed E-state index contributed by atoms with van der Waals surface area (Å²) >= 11 is 0. The van der Waals surface area contributed by atoms with Gasteiger partial charge in [-0.2, -0.15) is 4.40 Å². The molecule has 0 aromatic carbocycles. The van der Waals surface area contributed by atoms with Crippen molar-refractivity contribution in [2.45, 2.75) is 0 Å². The zero-order valence-corrected chi connectivity index (χ0v) is 6.64. The molecule has 0 spiro atoms. The van der Waals surface area contributed by atoms with Crippen molar-refractivity contribution >= 4 is 26.8 Å². The summed E-state index contributed by atoms with van der Waals surface area (Å²) < 4.78 is 64.8. The lowest BCUT2D eigenvalue weighted by Gasteiger charge is -2.10. The van der Waals surface area contributed by atoms with Gasteiger partial charge in [-0.1, -0.05) is 0 Å². The second-order valence-corrected chi connectivity index (χ2v) is 3.78. The molecule has 0 bridgehead atoms. The van der Waals surface area contributed by atoms with Gasteiger partial charge in [0.2, 0.25) is 10.4 Å². The van der Waals surface area contributed by atoms with E-state index in [-0.39, 0.29) is 0 Å². The van der Waals surface area contributed by atoms with Crippen LogP contribution in [0.2, 0.25) is 0 Å². The number of hydrogen-bond donors (Lipinski definition) is 0. The highest BCUT2D eigenvalue weighted by Gasteiger charge is 2.03. The second kappa shape index (κ2) is 3.28. The number of hydrogen-bond acceptors (Lipinski definition) is 5. The molecule has 0 aliphatic rings. The monoisotopic (exact) mass is 222 g/mol. The minimum absolute atomic E-state index is 1.43. The molecule has 0 radical (unpaired) electrons. The SMILES string of the molecule is O=S(=O)(F)[N-]S(=O)(=O)/N=C(\[O-])F. The van der Waals surface area contributed by atoms with Gasteiger partial charge in [-0.3, -0.25) is 0 Å². The maximum atomic E-state index is 11.5. The Labute approximate surface area is 66.3 Å². The maximum Gasteiger partial charge on any atom is 0.241 e. The molecule has 12 heavy (non-hydrogen) atoms. The first kappa shape index (κ1) is 11.2. The lowest BCUT2D eigenvalue weighted by molar-refractivity contribution is -0.232. The van der Waals surface area contributed by atoms with Crippen LogP contribution in [0.25, 0.3) is 4.13 Å². The van der Waals surface area contributed by atoms with E-state index in [0.29, 0.717) is 0 Å². The Bertz CT molecular complexity index is 376. The maximum absolute atomic E-state index is 11.5. The van der Waals surface area contributed by atoms with Gasteiger partial charge in [0.15, 0.2) is 16.4 Å². The van der Waals surface area contributed by atoms with E-state index in [1.54, 1.807) is 4.40 Å². The van der Waals surface area contributed by atoms with E-state index < -0.39 is 26.8 Å². The van der Waals surface area contributed by atoms with Crippen LogP contribution >= 0.6 is 0 Å². The van der Waals surface area contributed by atoms with Crippen molar-refractivity contribution in [3.8, 4) is 0 Å². The van der Waals surface area contributed by atoms with Crippen LogP contribution in [0.5, 0.6) is 0 Å². The number of rotatable bonds is 3. The van der Waals surface area contributed by atoms with Gasteiger partial charge in [-0.15, -0.1) is 3.89 Å². The highest BCUT2D eigenvalue weighted by Crippen LogP contribution is 2.12. The summed E-state index contributed by atoms with van der Waals surface area (Å²) in [6.45, 7) is 0. The molecular formula is CF2N2O5S2-2. The smallest absolute Gasteiger partial charge is 0.241 e. The fraction of sp³-hybridized carbons (Fsp3) is 0. The van der Waals surface area contributed by atoms with E-state index in [2.05, 4.69) is 0 Å². The molecule has 0 aliphatic carbocycles. The van der Waals surface area contributed by atoms with E-state index in [9.17, 15) is 30.2 Å². The predicted octanol–water partition coefficient (Wildman–Crippen LogP) is -1.50. The summed E-state index contributed by atoms with van der Waals surface area (Å²) in [7, 11) is -11.0. The third-order valence-corrected chi connectivity index (χ3v) is 2.21. The highest BCUT2D eigenvalue weighted by atomic mass is 32.3. The van der Waals surface area contributed by atoms with Crippen LogP contribution in [0.4, 0.5) is 8.28 Å². The van der Waals surface area contributed by atoms with E-state index in [1.807, 2.05) is 0 Å². The van der Waals surface area contributed by atoms with Gasteiger partial charge in [-0.05, 0) is 0 Å². The molecular weight excluding hydrogens is 222 g/mol. The van der Waals surface area contributed by atoms with Crippen LogP contribution in [-0.2, 0) is 20.6 Å². The molecule has 72 valence electrons. The number of halogens is 2. The van der Waals surface area contributed by atoms with Gasteiger partial charge in [0.05, 0.1) is 0 Å². The summed E-state index contributed by atoms with van der Waals surface area (Å²) in [5.41, 5.74) is 0. The first-order valence-corrected chi connectivity index (χ1v) is 4.72. The Hall–Kier alpha value is -0.810. The van der Waals surface area contributed by atoms with E-state index in [0.717, 1.165) is 0 Å². The molecule has 0 saturated heterocycles. The highest BCUT2D eigenvalue weighted by molar-refractivity contribution is 8.09. The second-order valence-electron chi connectivity index (χ2n) is 1.28. The van der Waals surface area contributed by atoms with Crippen molar-refractivity contribution in [3.05, 3.63) is 4.13 Å². The Morgan fingerprint density at radius 2 is 1.75 bits per heavy atom. The van der Waals surface area contributed by atoms with Crippen molar-refractivity contribution in [2.75, 3.05) is 0 Å². The molecule has 0 heterocycles. The Kier molecular flexibility index (Phi) is 3.06. The molecule has 0 aromatic rings. The zero-order valence-electron chi connectivity index (χ0n) is 5.01. The van der Waals surface area contributed by atoms with Gasteiger partial charge in [-0.25, -0.2) is 21.2 Å². The van der Waals surface area contributed by atoms with Gasteiger partial charge >= 0.3 is 0 Å². The molecule has 7 nitrogen and oxygen atoms in total. The average molecular weight is 222 g/mol. The molecule has 0 N–H and O–H groups in total. The first-order valence-electron chi connectivity index (χ1n) is 1.99. The van der Waals surface area contributed by atoms with E-state index >= 15 is 0 Å². The third kappa shape index (κ3) is 5.94. The molecule has 0 atom stereocenters. The van der Waals surface area contributed by atoms with E-state index in [1.165, 1.54) is 4.13 Å². The molecule has 0 saturated carbocycles. The average Bonchev–Trinajstić information content (AvgIpc) is 1.48. The van der Waals surface area contributed by atoms with Crippen molar-refractivity contribution < 1.29 is 30.2 Å². The minimum Gasteiger partial charge on any atom is -0.836 e. The van der Waals surface area contributed by atoms with Crippen LogP contribution in [0.3, 0.4) is 0 Å². The fourth-order valence-electron chi connectivity index (χ4n) is 0.220. The third-order valence-electron chi connectivity index (χ3n) is 0.370. The van der Waals surface area contributed by atoms with Crippen molar-refractivity contribution in [3.63, 3.8) is 0 Å². The summed E-state index contributed by atoms with van der Waals surface area (Å²) in [5, 5.41) is 9.36. The van der Waals surface area contributed by atoms with Gasteiger partial charge in [0, 0.05) is 0 Å². The van der Waals surface area contributed by atoms with Crippen molar-refractivity contribution in [2.24, 2.45) is 4.40 Å². The van der Waals surface area contributed by atoms with Crippen LogP contribution in [0, 0.1) is 0 Å². The van der Waals surface area contributed by atoms with Gasteiger partial charge < -0.3 is 9.23 Å². The van der Waals surface area contributed by atoms with Crippen LogP contribution in [0.15, 0.2) is 4.40 Å². The van der Waals surface area contributed by atoms with Crippen LogP contribution < -0.4 is 5.11 Å².